The van der Waals surface area contributed by atoms with Crippen molar-refractivity contribution in [3.63, 3.8) is 0 Å². The predicted molar refractivity (Wildman–Crippen MR) is 88.8 cm³/mol. The van der Waals surface area contributed by atoms with Gasteiger partial charge in [0.1, 0.15) is 0 Å². The highest BCUT2D eigenvalue weighted by atomic mass is 79.9. The summed E-state index contributed by atoms with van der Waals surface area (Å²) in [4.78, 5) is 16.2. The molecular weight excluding hydrogens is 360 g/mol. The third-order valence-electron chi connectivity index (χ3n) is 3.95. The molecule has 1 aromatic heterocycles. The van der Waals surface area contributed by atoms with Crippen molar-refractivity contribution < 1.29 is 9.32 Å². The maximum Gasteiger partial charge on any atom is 0.315 e. The zero-order valence-corrected chi connectivity index (χ0v) is 14.5. The van der Waals surface area contributed by atoms with Crippen molar-refractivity contribution in [3.05, 3.63) is 45.5 Å². The van der Waals surface area contributed by atoms with Gasteiger partial charge in [-0.2, -0.15) is 4.98 Å². The van der Waals surface area contributed by atoms with Crippen LogP contribution in [0.4, 0.5) is 4.79 Å². The van der Waals surface area contributed by atoms with Gasteiger partial charge in [-0.25, -0.2) is 4.79 Å². The van der Waals surface area contributed by atoms with Gasteiger partial charge in [0.05, 0.1) is 12.6 Å². The van der Waals surface area contributed by atoms with Crippen molar-refractivity contribution in [3.8, 4) is 0 Å². The Bertz CT molecular complexity index is 701. The lowest BCUT2D eigenvalue weighted by molar-refractivity contribution is 0.235. The first-order valence-corrected chi connectivity index (χ1v) is 8.53. The van der Waals surface area contributed by atoms with Crippen LogP contribution in [0.1, 0.15) is 48.1 Å². The van der Waals surface area contributed by atoms with Crippen LogP contribution in [0.5, 0.6) is 0 Å². The molecule has 1 atom stereocenters. The molecule has 0 spiro atoms. The molecule has 0 fully saturated rings. The number of aromatic nitrogens is 2. The van der Waals surface area contributed by atoms with E-state index >= 15 is 0 Å². The number of carbonyl (C=O) groups excluding carboxylic acids is 1. The van der Waals surface area contributed by atoms with Gasteiger partial charge in [-0.15, -0.1) is 0 Å². The zero-order valence-electron chi connectivity index (χ0n) is 12.9. The number of aryl methyl sites for hydroxylation is 2. The molecule has 0 saturated heterocycles. The highest BCUT2D eigenvalue weighted by molar-refractivity contribution is 9.10. The minimum absolute atomic E-state index is 0.0348. The van der Waals surface area contributed by atoms with Crippen LogP contribution < -0.4 is 10.6 Å². The molecule has 1 unspecified atom stereocenters. The smallest absolute Gasteiger partial charge is 0.315 e. The number of amides is 2. The summed E-state index contributed by atoms with van der Waals surface area (Å²) in [5, 5.41) is 9.60. The number of fused-ring (bicyclic) bond motifs is 1. The largest absolute Gasteiger partial charge is 0.340 e. The number of nitrogens with zero attached hydrogens (tertiary/aromatic N) is 2. The zero-order chi connectivity index (χ0) is 16.2. The average molecular weight is 379 g/mol. The summed E-state index contributed by atoms with van der Waals surface area (Å²) in [6.45, 7) is 1.97. The normalized spacial score (nSPS) is 17.2. The highest BCUT2D eigenvalue weighted by Gasteiger charge is 2.20. The first-order chi connectivity index (χ1) is 11.1. The van der Waals surface area contributed by atoms with Gasteiger partial charge in [-0.1, -0.05) is 33.6 Å². The van der Waals surface area contributed by atoms with Crippen molar-refractivity contribution >= 4 is 22.0 Å². The summed E-state index contributed by atoms with van der Waals surface area (Å²) in [7, 11) is 0. The monoisotopic (exact) mass is 378 g/mol. The van der Waals surface area contributed by atoms with Crippen molar-refractivity contribution in [1.82, 2.24) is 20.8 Å². The van der Waals surface area contributed by atoms with Gasteiger partial charge in [0.15, 0.2) is 5.82 Å². The predicted octanol–water partition coefficient (Wildman–Crippen LogP) is 3.41. The SMILES string of the molecule is Cc1nc(CNC(=O)NC2CCCCc3cc(Br)ccc32)no1. The van der Waals surface area contributed by atoms with Crippen LogP contribution in [0.15, 0.2) is 27.2 Å². The van der Waals surface area contributed by atoms with Gasteiger partial charge in [-0.05, 0) is 42.5 Å². The van der Waals surface area contributed by atoms with Crippen molar-refractivity contribution in [2.75, 3.05) is 0 Å². The van der Waals surface area contributed by atoms with Gasteiger partial charge >= 0.3 is 6.03 Å². The lowest BCUT2D eigenvalue weighted by Gasteiger charge is -2.19. The number of rotatable bonds is 3. The van der Waals surface area contributed by atoms with Crippen molar-refractivity contribution in [2.45, 2.75) is 45.2 Å². The second-order valence-electron chi connectivity index (χ2n) is 5.70. The van der Waals surface area contributed by atoms with E-state index in [1.807, 2.05) is 6.07 Å². The van der Waals surface area contributed by atoms with Crippen LogP contribution in [-0.4, -0.2) is 16.2 Å². The van der Waals surface area contributed by atoms with E-state index in [1.165, 1.54) is 11.1 Å². The van der Waals surface area contributed by atoms with E-state index in [-0.39, 0.29) is 18.6 Å². The summed E-state index contributed by atoms with van der Waals surface area (Å²) < 4.78 is 5.96. The molecule has 2 amide bonds. The Labute approximate surface area is 143 Å². The maximum atomic E-state index is 12.2. The Hall–Kier alpha value is -1.89. The molecule has 0 radical (unpaired) electrons. The molecule has 0 bridgehead atoms. The number of halogens is 1. The summed E-state index contributed by atoms with van der Waals surface area (Å²) in [6, 6.07) is 6.09. The summed E-state index contributed by atoms with van der Waals surface area (Å²) in [5.41, 5.74) is 2.51. The van der Waals surface area contributed by atoms with Gasteiger partial charge in [0.25, 0.3) is 0 Å². The minimum atomic E-state index is -0.215. The fourth-order valence-electron chi connectivity index (χ4n) is 2.88. The van der Waals surface area contributed by atoms with E-state index in [0.29, 0.717) is 11.7 Å². The van der Waals surface area contributed by atoms with Crippen LogP contribution in [0, 0.1) is 6.92 Å². The first kappa shape index (κ1) is 16.0. The Kier molecular flexibility index (Phi) is 4.95. The molecule has 1 heterocycles. The Morgan fingerprint density at radius 1 is 1.43 bits per heavy atom. The molecule has 6 nitrogen and oxygen atoms in total. The molecule has 2 N–H and O–H groups in total. The topological polar surface area (TPSA) is 80.0 Å². The average Bonchev–Trinajstić information content (AvgIpc) is 2.84. The molecule has 23 heavy (non-hydrogen) atoms. The molecule has 1 aliphatic rings. The lowest BCUT2D eigenvalue weighted by atomic mass is 9.99. The standard InChI is InChI=1S/C16H19BrN4O2/c1-10-19-15(21-23-10)9-18-16(22)20-14-5-3-2-4-11-8-12(17)6-7-13(11)14/h6-8,14H,2-5,9H2,1H3,(H2,18,20,22). The third kappa shape index (κ3) is 4.10. The number of urea groups is 1. The second kappa shape index (κ2) is 7.12. The Morgan fingerprint density at radius 3 is 3.09 bits per heavy atom. The second-order valence-corrected chi connectivity index (χ2v) is 6.61. The molecular formula is C16H19BrN4O2. The van der Waals surface area contributed by atoms with E-state index in [2.05, 4.69) is 48.8 Å². The molecule has 7 heteroatoms. The molecule has 122 valence electrons. The van der Waals surface area contributed by atoms with Crippen LogP contribution in [0.25, 0.3) is 0 Å². The van der Waals surface area contributed by atoms with Gasteiger partial charge < -0.3 is 15.2 Å². The number of nitrogens with one attached hydrogen (secondary N) is 2. The summed E-state index contributed by atoms with van der Waals surface area (Å²) in [6.07, 6.45) is 4.24. The fraction of sp³-hybridized carbons (Fsp3) is 0.438. The van der Waals surface area contributed by atoms with Crippen LogP contribution in [0.3, 0.4) is 0 Å². The molecule has 1 aromatic carbocycles. The van der Waals surface area contributed by atoms with E-state index in [4.69, 9.17) is 4.52 Å². The van der Waals surface area contributed by atoms with E-state index < -0.39 is 0 Å². The van der Waals surface area contributed by atoms with Crippen LogP contribution >= 0.6 is 15.9 Å². The quantitative estimate of drug-likeness (QED) is 0.801. The highest BCUT2D eigenvalue weighted by Crippen LogP contribution is 2.30. The summed E-state index contributed by atoms with van der Waals surface area (Å²) in [5.74, 6) is 0.966. The molecule has 0 saturated carbocycles. The van der Waals surface area contributed by atoms with E-state index in [1.54, 1.807) is 6.92 Å². The number of carbonyl (C=O) groups is 1. The van der Waals surface area contributed by atoms with Crippen molar-refractivity contribution in [2.24, 2.45) is 0 Å². The molecule has 2 aromatic rings. The minimum Gasteiger partial charge on any atom is -0.340 e. The van der Waals surface area contributed by atoms with E-state index in [9.17, 15) is 4.79 Å². The maximum absolute atomic E-state index is 12.2. The fourth-order valence-corrected chi connectivity index (χ4v) is 3.29. The number of hydrogen-bond acceptors (Lipinski definition) is 4. The molecule has 3 rings (SSSR count). The Morgan fingerprint density at radius 2 is 2.30 bits per heavy atom. The number of benzene rings is 1. The first-order valence-electron chi connectivity index (χ1n) is 7.73. The van der Waals surface area contributed by atoms with Gasteiger partial charge in [-0.3, -0.25) is 0 Å². The van der Waals surface area contributed by atoms with Crippen LogP contribution in [-0.2, 0) is 13.0 Å². The van der Waals surface area contributed by atoms with Crippen LogP contribution in [0.2, 0.25) is 0 Å². The van der Waals surface area contributed by atoms with E-state index in [0.717, 1.165) is 30.2 Å². The van der Waals surface area contributed by atoms with Gasteiger partial charge in [0.2, 0.25) is 5.89 Å². The molecule has 1 aliphatic carbocycles. The Balaban J connectivity index is 1.64. The van der Waals surface area contributed by atoms with Gasteiger partial charge in [0, 0.05) is 11.4 Å². The summed E-state index contributed by atoms with van der Waals surface area (Å²) >= 11 is 3.52. The molecule has 0 aliphatic heterocycles. The number of hydrogen-bond donors (Lipinski definition) is 2. The van der Waals surface area contributed by atoms with Crippen molar-refractivity contribution in [1.29, 1.82) is 0 Å². The lowest BCUT2D eigenvalue weighted by Crippen LogP contribution is -2.37. The third-order valence-corrected chi connectivity index (χ3v) is 4.44.